The summed E-state index contributed by atoms with van der Waals surface area (Å²) < 4.78 is 6.59. The second-order valence-corrected chi connectivity index (χ2v) is 4.88. The van der Waals surface area contributed by atoms with Crippen molar-refractivity contribution in [2.24, 2.45) is 0 Å². The zero-order chi connectivity index (χ0) is 11.1. The van der Waals surface area contributed by atoms with E-state index in [1.165, 1.54) is 0 Å². The summed E-state index contributed by atoms with van der Waals surface area (Å²) in [6.07, 6.45) is 0.669. The van der Waals surface area contributed by atoms with Gasteiger partial charge in [0.1, 0.15) is 11.4 Å². The Morgan fingerprint density at radius 1 is 1.67 bits per heavy atom. The molecule has 80 valence electrons. The minimum absolute atomic E-state index is 0.0219. The fourth-order valence-corrected chi connectivity index (χ4v) is 2.40. The Morgan fingerprint density at radius 2 is 2.40 bits per heavy atom. The van der Waals surface area contributed by atoms with Crippen LogP contribution in [0.3, 0.4) is 0 Å². The minimum atomic E-state index is -0.832. The van der Waals surface area contributed by atoms with Crippen LogP contribution in [0, 0.1) is 0 Å². The Balaban J connectivity index is 2.28. The molecule has 0 bridgehead atoms. The van der Waals surface area contributed by atoms with E-state index in [9.17, 15) is 4.79 Å². The number of benzene rings is 1. The highest BCUT2D eigenvalue weighted by atomic mass is 79.9. The summed E-state index contributed by atoms with van der Waals surface area (Å²) in [5.74, 6) is -0.0531. The van der Waals surface area contributed by atoms with Crippen LogP contribution in [-0.4, -0.2) is 16.7 Å². The van der Waals surface area contributed by atoms with Gasteiger partial charge in [0.15, 0.2) is 0 Å². The van der Waals surface area contributed by atoms with Gasteiger partial charge in [-0.15, -0.1) is 0 Å². The lowest BCUT2D eigenvalue weighted by Gasteiger charge is -2.21. The van der Waals surface area contributed by atoms with Gasteiger partial charge in [0, 0.05) is 6.42 Å². The highest BCUT2D eigenvalue weighted by Gasteiger charge is 2.37. The number of fused-ring (bicyclic) bond motifs is 1. The van der Waals surface area contributed by atoms with Gasteiger partial charge >= 0.3 is 5.97 Å². The van der Waals surface area contributed by atoms with E-state index in [0.29, 0.717) is 6.42 Å². The van der Waals surface area contributed by atoms with E-state index in [0.717, 1.165) is 15.8 Å². The average Bonchev–Trinajstić information content (AvgIpc) is 2.41. The predicted octanol–water partition coefficient (Wildman–Crippen LogP) is 2.62. The summed E-state index contributed by atoms with van der Waals surface area (Å²) >= 11 is 3.39. The lowest BCUT2D eigenvalue weighted by atomic mass is 9.96. The van der Waals surface area contributed by atoms with Crippen molar-refractivity contribution in [3.05, 3.63) is 28.2 Å². The monoisotopic (exact) mass is 270 g/mol. The maximum atomic E-state index is 10.7. The SMILES string of the molecule is CC1(CC(=O)O)Cc2cccc(Br)c2O1. The van der Waals surface area contributed by atoms with Crippen molar-refractivity contribution >= 4 is 21.9 Å². The fraction of sp³-hybridized carbons (Fsp3) is 0.364. The van der Waals surface area contributed by atoms with Crippen LogP contribution in [0.1, 0.15) is 18.9 Å². The topological polar surface area (TPSA) is 46.5 Å². The third-order valence-electron chi connectivity index (χ3n) is 2.49. The summed E-state index contributed by atoms with van der Waals surface area (Å²) in [7, 11) is 0. The van der Waals surface area contributed by atoms with Crippen LogP contribution in [0.25, 0.3) is 0 Å². The second-order valence-electron chi connectivity index (χ2n) is 4.03. The zero-order valence-electron chi connectivity index (χ0n) is 8.29. The van der Waals surface area contributed by atoms with Gasteiger partial charge in [-0.25, -0.2) is 0 Å². The molecule has 1 unspecified atom stereocenters. The Labute approximate surface area is 96.2 Å². The number of hydrogen-bond donors (Lipinski definition) is 1. The van der Waals surface area contributed by atoms with Crippen molar-refractivity contribution in [2.75, 3.05) is 0 Å². The van der Waals surface area contributed by atoms with Gasteiger partial charge in [-0.05, 0) is 34.5 Å². The molecule has 15 heavy (non-hydrogen) atoms. The van der Waals surface area contributed by atoms with Gasteiger partial charge in [-0.2, -0.15) is 0 Å². The van der Waals surface area contributed by atoms with E-state index in [1.54, 1.807) is 0 Å². The number of carbonyl (C=O) groups is 1. The van der Waals surface area contributed by atoms with E-state index in [-0.39, 0.29) is 6.42 Å². The molecule has 0 spiro atoms. The van der Waals surface area contributed by atoms with E-state index in [4.69, 9.17) is 9.84 Å². The van der Waals surface area contributed by atoms with Crippen molar-refractivity contribution in [1.82, 2.24) is 0 Å². The Morgan fingerprint density at radius 3 is 3.00 bits per heavy atom. The molecular formula is C11H11BrO3. The smallest absolute Gasteiger partial charge is 0.307 e. The largest absolute Gasteiger partial charge is 0.485 e. The van der Waals surface area contributed by atoms with E-state index >= 15 is 0 Å². The normalized spacial score (nSPS) is 23.3. The van der Waals surface area contributed by atoms with Crippen LogP contribution < -0.4 is 4.74 Å². The van der Waals surface area contributed by atoms with Gasteiger partial charge in [0.25, 0.3) is 0 Å². The molecule has 0 saturated heterocycles. The molecule has 0 saturated carbocycles. The molecule has 1 aromatic rings. The zero-order valence-corrected chi connectivity index (χ0v) is 9.87. The van der Waals surface area contributed by atoms with Crippen LogP contribution in [0.4, 0.5) is 0 Å². The quantitative estimate of drug-likeness (QED) is 0.899. The lowest BCUT2D eigenvalue weighted by molar-refractivity contribution is -0.140. The first kappa shape index (κ1) is 10.5. The van der Waals surface area contributed by atoms with Crippen LogP contribution in [0.15, 0.2) is 22.7 Å². The molecule has 3 nitrogen and oxygen atoms in total. The van der Waals surface area contributed by atoms with Crippen LogP contribution in [0.5, 0.6) is 5.75 Å². The Bertz CT molecular complexity index is 416. The number of aliphatic carboxylic acids is 1. The number of halogens is 1. The molecule has 0 radical (unpaired) electrons. The molecular weight excluding hydrogens is 260 g/mol. The van der Waals surface area contributed by atoms with E-state index in [2.05, 4.69) is 15.9 Å². The summed E-state index contributed by atoms with van der Waals surface area (Å²) in [6, 6.07) is 5.79. The number of hydrogen-bond acceptors (Lipinski definition) is 2. The molecule has 0 aromatic heterocycles. The first-order valence-electron chi connectivity index (χ1n) is 4.68. The van der Waals surface area contributed by atoms with Crippen molar-refractivity contribution in [3.8, 4) is 5.75 Å². The maximum absolute atomic E-state index is 10.7. The number of ether oxygens (including phenoxy) is 1. The first-order chi connectivity index (χ1) is 7.00. The molecule has 0 fully saturated rings. The molecule has 4 heteroatoms. The summed E-state index contributed by atoms with van der Waals surface area (Å²) in [6.45, 7) is 1.83. The van der Waals surface area contributed by atoms with Crippen LogP contribution in [-0.2, 0) is 11.2 Å². The van der Waals surface area contributed by atoms with Crippen molar-refractivity contribution in [3.63, 3.8) is 0 Å². The molecule has 1 aliphatic rings. The molecule has 0 aliphatic carbocycles. The predicted molar refractivity (Wildman–Crippen MR) is 59.1 cm³/mol. The van der Waals surface area contributed by atoms with Gasteiger partial charge < -0.3 is 9.84 Å². The molecule has 1 N–H and O–H groups in total. The molecule has 1 aromatic carbocycles. The number of para-hydroxylation sites is 1. The summed E-state index contributed by atoms with van der Waals surface area (Å²) in [5, 5.41) is 8.80. The highest BCUT2D eigenvalue weighted by Crippen LogP contribution is 2.41. The third kappa shape index (κ3) is 2.00. The Hall–Kier alpha value is -1.03. The number of carboxylic acid groups (broad SMARTS) is 1. The molecule has 0 amide bonds. The van der Waals surface area contributed by atoms with Gasteiger partial charge in [-0.1, -0.05) is 12.1 Å². The van der Waals surface area contributed by atoms with Gasteiger partial charge in [0.2, 0.25) is 0 Å². The van der Waals surface area contributed by atoms with E-state index in [1.807, 2.05) is 25.1 Å². The van der Waals surface area contributed by atoms with Crippen molar-refractivity contribution in [2.45, 2.75) is 25.4 Å². The standard InChI is InChI=1S/C11H11BrO3/c1-11(6-9(13)14)5-7-3-2-4-8(12)10(7)15-11/h2-4H,5-6H2,1H3,(H,13,14). The molecule has 1 atom stereocenters. The lowest BCUT2D eigenvalue weighted by Crippen LogP contribution is -2.33. The average molecular weight is 271 g/mol. The Kier molecular flexibility index (Phi) is 2.46. The molecule has 1 heterocycles. The number of carboxylic acids is 1. The van der Waals surface area contributed by atoms with E-state index < -0.39 is 11.6 Å². The first-order valence-corrected chi connectivity index (χ1v) is 5.48. The maximum Gasteiger partial charge on any atom is 0.307 e. The van der Waals surface area contributed by atoms with Gasteiger partial charge in [-0.3, -0.25) is 4.79 Å². The van der Waals surface area contributed by atoms with Crippen LogP contribution in [0.2, 0.25) is 0 Å². The third-order valence-corrected chi connectivity index (χ3v) is 3.11. The van der Waals surface area contributed by atoms with Crippen molar-refractivity contribution in [1.29, 1.82) is 0 Å². The van der Waals surface area contributed by atoms with Gasteiger partial charge in [0.05, 0.1) is 10.9 Å². The number of rotatable bonds is 2. The van der Waals surface area contributed by atoms with Crippen LogP contribution >= 0.6 is 15.9 Å². The minimum Gasteiger partial charge on any atom is -0.485 e. The summed E-state index contributed by atoms with van der Waals surface area (Å²) in [5.41, 5.74) is 0.450. The highest BCUT2D eigenvalue weighted by molar-refractivity contribution is 9.10. The summed E-state index contributed by atoms with van der Waals surface area (Å²) in [4.78, 5) is 10.7. The molecule has 1 aliphatic heterocycles. The fourth-order valence-electron chi connectivity index (χ4n) is 1.91. The molecule has 2 rings (SSSR count). The van der Waals surface area contributed by atoms with Crippen molar-refractivity contribution < 1.29 is 14.6 Å². The second kappa shape index (κ2) is 3.52.